The number of Topliss-reactive ketones (excluding diaryl/α,β-unsaturated/α-hetero) is 1. The summed E-state index contributed by atoms with van der Waals surface area (Å²) in [6, 6.07) is 0. The molecule has 17 heavy (non-hydrogen) atoms. The summed E-state index contributed by atoms with van der Waals surface area (Å²) >= 11 is 0. The van der Waals surface area contributed by atoms with Crippen molar-refractivity contribution in [2.75, 3.05) is 26.9 Å². The van der Waals surface area contributed by atoms with E-state index < -0.39 is 6.10 Å². The standard InChI is InChI=1S/C11H16N2O4/c1-3-13-10(8(15-2)6-12-13)11(14)9-7-16-4-5-17-9/h6,9H,3-5,7H2,1-2H3. The fourth-order valence-electron chi connectivity index (χ4n) is 1.80. The molecule has 1 aromatic heterocycles. The second-order valence-corrected chi connectivity index (χ2v) is 3.68. The Morgan fingerprint density at radius 1 is 1.65 bits per heavy atom. The van der Waals surface area contributed by atoms with E-state index in [9.17, 15) is 4.79 Å². The first-order valence-electron chi connectivity index (χ1n) is 5.61. The van der Waals surface area contributed by atoms with E-state index in [1.165, 1.54) is 7.11 Å². The van der Waals surface area contributed by atoms with Gasteiger partial charge in [0, 0.05) is 6.54 Å². The lowest BCUT2D eigenvalue weighted by Gasteiger charge is -2.22. The zero-order valence-corrected chi connectivity index (χ0v) is 10.0. The van der Waals surface area contributed by atoms with Crippen molar-refractivity contribution in [1.82, 2.24) is 9.78 Å². The number of carbonyl (C=O) groups is 1. The van der Waals surface area contributed by atoms with Gasteiger partial charge in [-0.1, -0.05) is 0 Å². The van der Waals surface area contributed by atoms with Crippen molar-refractivity contribution in [2.45, 2.75) is 19.6 Å². The smallest absolute Gasteiger partial charge is 0.215 e. The molecule has 1 aliphatic heterocycles. The Kier molecular flexibility index (Phi) is 3.75. The molecule has 1 fully saturated rings. The molecular weight excluding hydrogens is 224 g/mol. The van der Waals surface area contributed by atoms with Crippen LogP contribution in [0.4, 0.5) is 0 Å². The van der Waals surface area contributed by atoms with Gasteiger partial charge in [0.1, 0.15) is 11.8 Å². The molecule has 6 nitrogen and oxygen atoms in total. The Balaban J connectivity index is 2.24. The number of ketones is 1. The van der Waals surface area contributed by atoms with Gasteiger partial charge in [0.2, 0.25) is 5.78 Å². The number of aryl methyl sites for hydroxylation is 1. The third-order valence-corrected chi connectivity index (χ3v) is 2.67. The fourth-order valence-corrected chi connectivity index (χ4v) is 1.80. The van der Waals surface area contributed by atoms with Crippen LogP contribution in [-0.4, -0.2) is 48.6 Å². The van der Waals surface area contributed by atoms with E-state index in [0.717, 1.165) is 0 Å². The molecule has 0 saturated carbocycles. The Morgan fingerprint density at radius 2 is 2.47 bits per heavy atom. The Morgan fingerprint density at radius 3 is 3.06 bits per heavy atom. The Bertz CT molecular complexity index is 375. The Hall–Kier alpha value is -1.40. The van der Waals surface area contributed by atoms with Gasteiger partial charge in [-0.2, -0.15) is 5.10 Å². The Labute approximate surface area is 99.5 Å². The second-order valence-electron chi connectivity index (χ2n) is 3.68. The summed E-state index contributed by atoms with van der Waals surface area (Å²) in [5.74, 6) is 0.340. The van der Waals surface area contributed by atoms with Crippen molar-refractivity contribution >= 4 is 5.78 Å². The van der Waals surface area contributed by atoms with Crippen LogP contribution in [0.5, 0.6) is 5.75 Å². The van der Waals surface area contributed by atoms with E-state index in [-0.39, 0.29) is 12.4 Å². The molecule has 6 heteroatoms. The van der Waals surface area contributed by atoms with Crippen LogP contribution in [0.25, 0.3) is 0 Å². The van der Waals surface area contributed by atoms with Crippen molar-refractivity contribution in [1.29, 1.82) is 0 Å². The number of hydrogen-bond acceptors (Lipinski definition) is 5. The molecule has 1 atom stereocenters. The zero-order chi connectivity index (χ0) is 12.3. The molecule has 1 aliphatic rings. The second kappa shape index (κ2) is 5.29. The summed E-state index contributed by atoms with van der Waals surface area (Å²) in [6.07, 6.45) is 0.986. The number of ether oxygens (including phenoxy) is 3. The summed E-state index contributed by atoms with van der Waals surface area (Å²) in [7, 11) is 1.52. The van der Waals surface area contributed by atoms with Crippen LogP contribution in [-0.2, 0) is 16.0 Å². The average molecular weight is 240 g/mol. The summed E-state index contributed by atoms with van der Waals surface area (Å²) in [4.78, 5) is 12.3. The molecule has 2 heterocycles. The predicted molar refractivity (Wildman–Crippen MR) is 59.3 cm³/mol. The quantitative estimate of drug-likeness (QED) is 0.717. The predicted octanol–water partition coefficient (Wildman–Crippen LogP) is 0.510. The normalized spacial score (nSPS) is 20.2. The average Bonchev–Trinajstić information content (AvgIpc) is 2.81. The van der Waals surface area contributed by atoms with E-state index in [1.54, 1.807) is 10.9 Å². The van der Waals surface area contributed by atoms with Gasteiger partial charge in [-0.05, 0) is 6.92 Å². The highest BCUT2D eigenvalue weighted by Gasteiger charge is 2.29. The van der Waals surface area contributed by atoms with Crippen LogP contribution in [0, 0.1) is 0 Å². The molecule has 0 aliphatic carbocycles. The van der Waals surface area contributed by atoms with E-state index >= 15 is 0 Å². The third-order valence-electron chi connectivity index (χ3n) is 2.67. The first-order chi connectivity index (χ1) is 8.27. The van der Waals surface area contributed by atoms with Gasteiger partial charge in [-0.25, -0.2) is 0 Å². The monoisotopic (exact) mass is 240 g/mol. The molecule has 0 spiro atoms. The third kappa shape index (κ3) is 2.32. The molecule has 94 valence electrons. The number of nitrogens with zero attached hydrogens (tertiary/aromatic N) is 2. The fraction of sp³-hybridized carbons (Fsp3) is 0.636. The molecule has 1 saturated heterocycles. The van der Waals surface area contributed by atoms with Crippen LogP contribution in [0.2, 0.25) is 0 Å². The summed E-state index contributed by atoms with van der Waals surface area (Å²) in [6.45, 7) is 3.79. The minimum Gasteiger partial charge on any atom is -0.493 e. The van der Waals surface area contributed by atoms with Crippen molar-refractivity contribution in [3.8, 4) is 5.75 Å². The molecule has 2 rings (SSSR count). The molecule has 1 unspecified atom stereocenters. The molecule has 0 radical (unpaired) electrons. The maximum Gasteiger partial charge on any atom is 0.215 e. The van der Waals surface area contributed by atoms with Crippen LogP contribution in [0.15, 0.2) is 6.20 Å². The van der Waals surface area contributed by atoms with E-state index in [4.69, 9.17) is 14.2 Å². The van der Waals surface area contributed by atoms with Crippen molar-refractivity contribution in [2.24, 2.45) is 0 Å². The number of hydrogen-bond donors (Lipinski definition) is 0. The summed E-state index contributed by atoms with van der Waals surface area (Å²) in [5, 5.41) is 4.10. The van der Waals surface area contributed by atoms with Gasteiger partial charge < -0.3 is 14.2 Å². The van der Waals surface area contributed by atoms with Crippen molar-refractivity contribution in [3.63, 3.8) is 0 Å². The molecule has 0 amide bonds. The van der Waals surface area contributed by atoms with Gasteiger partial charge in [0.15, 0.2) is 5.75 Å². The first-order valence-corrected chi connectivity index (χ1v) is 5.61. The highest BCUT2D eigenvalue weighted by molar-refractivity contribution is 6.00. The lowest BCUT2D eigenvalue weighted by atomic mass is 10.1. The number of carbonyl (C=O) groups excluding carboxylic acids is 1. The highest BCUT2D eigenvalue weighted by atomic mass is 16.6. The van der Waals surface area contributed by atoms with Gasteiger partial charge in [-0.3, -0.25) is 9.48 Å². The van der Waals surface area contributed by atoms with Crippen molar-refractivity contribution in [3.05, 3.63) is 11.9 Å². The highest BCUT2D eigenvalue weighted by Crippen LogP contribution is 2.21. The molecule has 0 aromatic carbocycles. The summed E-state index contributed by atoms with van der Waals surface area (Å²) in [5.41, 5.74) is 0.450. The number of methoxy groups -OCH3 is 1. The maximum atomic E-state index is 12.3. The first kappa shape index (κ1) is 12.1. The maximum absolute atomic E-state index is 12.3. The van der Waals surface area contributed by atoms with Crippen LogP contribution in [0.3, 0.4) is 0 Å². The lowest BCUT2D eigenvalue weighted by molar-refractivity contribution is -0.0722. The number of aromatic nitrogens is 2. The lowest BCUT2D eigenvalue weighted by Crippen LogP contribution is -2.36. The van der Waals surface area contributed by atoms with Gasteiger partial charge in [-0.15, -0.1) is 0 Å². The van der Waals surface area contributed by atoms with Gasteiger partial charge in [0.05, 0.1) is 33.1 Å². The topological polar surface area (TPSA) is 62.6 Å². The summed E-state index contributed by atoms with van der Waals surface area (Å²) < 4.78 is 17.4. The molecular formula is C11H16N2O4. The van der Waals surface area contributed by atoms with Crippen LogP contribution < -0.4 is 4.74 Å². The number of rotatable bonds is 4. The molecule has 0 bridgehead atoms. The van der Waals surface area contributed by atoms with Crippen LogP contribution >= 0.6 is 0 Å². The van der Waals surface area contributed by atoms with E-state index in [0.29, 0.717) is 31.2 Å². The van der Waals surface area contributed by atoms with Crippen LogP contribution in [0.1, 0.15) is 17.4 Å². The molecule has 0 N–H and O–H groups in total. The van der Waals surface area contributed by atoms with Gasteiger partial charge >= 0.3 is 0 Å². The molecule has 1 aromatic rings. The van der Waals surface area contributed by atoms with E-state index in [1.807, 2.05) is 6.92 Å². The van der Waals surface area contributed by atoms with Gasteiger partial charge in [0.25, 0.3) is 0 Å². The van der Waals surface area contributed by atoms with E-state index in [2.05, 4.69) is 5.10 Å². The minimum atomic E-state index is -0.556. The zero-order valence-electron chi connectivity index (χ0n) is 10.0. The van der Waals surface area contributed by atoms with Crippen molar-refractivity contribution < 1.29 is 19.0 Å². The largest absolute Gasteiger partial charge is 0.493 e. The SMILES string of the molecule is CCn1ncc(OC)c1C(=O)C1COCCO1. The minimum absolute atomic E-state index is 0.138.